The van der Waals surface area contributed by atoms with Crippen molar-refractivity contribution in [2.24, 2.45) is 11.7 Å². The highest BCUT2D eigenvalue weighted by Gasteiger charge is 2.28. The SMILES string of the molecule is CCC(C)C(N)C(=O)NC1CCC(OC)C1. The van der Waals surface area contributed by atoms with Crippen LogP contribution in [0.1, 0.15) is 39.5 Å². The number of amides is 1. The molecule has 0 radical (unpaired) electrons. The highest BCUT2D eigenvalue weighted by atomic mass is 16.5. The van der Waals surface area contributed by atoms with Gasteiger partial charge < -0.3 is 15.8 Å². The number of nitrogens with one attached hydrogen (secondary N) is 1. The predicted octanol–water partition coefficient (Wildman–Crippen LogP) is 1.04. The zero-order valence-electron chi connectivity index (χ0n) is 10.5. The summed E-state index contributed by atoms with van der Waals surface area (Å²) in [6.07, 6.45) is 4.16. The van der Waals surface area contributed by atoms with Gasteiger partial charge in [-0.25, -0.2) is 0 Å². The van der Waals surface area contributed by atoms with Crippen molar-refractivity contribution in [2.45, 2.75) is 57.7 Å². The van der Waals surface area contributed by atoms with Crippen LogP contribution in [0, 0.1) is 5.92 Å². The molecule has 0 aromatic rings. The van der Waals surface area contributed by atoms with E-state index in [2.05, 4.69) is 5.32 Å². The van der Waals surface area contributed by atoms with Gasteiger partial charge in [0, 0.05) is 13.2 Å². The van der Waals surface area contributed by atoms with Crippen molar-refractivity contribution >= 4 is 5.91 Å². The normalized spacial score (nSPS) is 28.8. The number of carbonyl (C=O) groups is 1. The van der Waals surface area contributed by atoms with Crippen LogP contribution in [-0.4, -0.2) is 31.2 Å². The van der Waals surface area contributed by atoms with Gasteiger partial charge in [-0.1, -0.05) is 20.3 Å². The number of nitrogens with two attached hydrogens (primary N) is 1. The molecule has 0 aromatic carbocycles. The summed E-state index contributed by atoms with van der Waals surface area (Å²) in [4.78, 5) is 11.8. The predicted molar refractivity (Wildman–Crippen MR) is 64.0 cm³/mol. The lowest BCUT2D eigenvalue weighted by Crippen LogP contribution is -2.47. The molecule has 1 rings (SSSR count). The molecule has 1 fully saturated rings. The lowest BCUT2D eigenvalue weighted by molar-refractivity contribution is -0.124. The molecule has 0 heterocycles. The van der Waals surface area contributed by atoms with Crippen molar-refractivity contribution in [1.82, 2.24) is 5.32 Å². The van der Waals surface area contributed by atoms with E-state index in [0.717, 1.165) is 25.7 Å². The molecule has 0 aliphatic heterocycles. The van der Waals surface area contributed by atoms with Gasteiger partial charge in [0.05, 0.1) is 12.1 Å². The summed E-state index contributed by atoms with van der Waals surface area (Å²) in [5, 5.41) is 3.01. The Bertz CT molecular complexity index is 233. The van der Waals surface area contributed by atoms with Crippen molar-refractivity contribution in [2.75, 3.05) is 7.11 Å². The van der Waals surface area contributed by atoms with Crippen LogP contribution in [0.15, 0.2) is 0 Å². The molecule has 0 bridgehead atoms. The molecule has 0 saturated heterocycles. The highest BCUT2D eigenvalue weighted by molar-refractivity contribution is 5.82. The third-order valence-corrected chi connectivity index (χ3v) is 3.62. The van der Waals surface area contributed by atoms with Gasteiger partial charge in [0.2, 0.25) is 5.91 Å². The van der Waals surface area contributed by atoms with Gasteiger partial charge in [0.1, 0.15) is 0 Å². The van der Waals surface area contributed by atoms with Gasteiger partial charge in [0.15, 0.2) is 0 Å². The Kier molecular flexibility index (Phi) is 5.22. The zero-order chi connectivity index (χ0) is 12.1. The molecule has 4 unspecified atom stereocenters. The molecule has 1 saturated carbocycles. The minimum atomic E-state index is -0.383. The number of rotatable bonds is 5. The minimum Gasteiger partial charge on any atom is -0.381 e. The Hall–Kier alpha value is -0.610. The summed E-state index contributed by atoms with van der Waals surface area (Å²) >= 11 is 0. The van der Waals surface area contributed by atoms with E-state index in [0.29, 0.717) is 6.10 Å². The molecular formula is C12H24N2O2. The number of ether oxygens (including phenoxy) is 1. The van der Waals surface area contributed by atoms with E-state index >= 15 is 0 Å². The van der Waals surface area contributed by atoms with E-state index in [1.165, 1.54) is 0 Å². The van der Waals surface area contributed by atoms with Crippen LogP contribution in [0.2, 0.25) is 0 Å². The van der Waals surface area contributed by atoms with E-state index in [1.54, 1.807) is 7.11 Å². The maximum absolute atomic E-state index is 11.8. The van der Waals surface area contributed by atoms with E-state index in [4.69, 9.17) is 10.5 Å². The monoisotopic (exact) mass is 228 g/mol. The topological polar surface area (TPSA) is 64.4 Å². The number of carbonyl (C=O) groups excluding carboxylic acids is 1. The van der Waals surface area contributed by atoms with Crippen molar-refractivity contribution in [1.29, 1.82) is 0 Å². The molecule has 4 atom stereocenters. The molecule has 4 heteroatoms. The molecule has 1 aliphatic carbocycles. The quantitative estimate of drug-likeness (QED) is 0.739. The molecule has 3 N–H and O–H groups in total. The second kappa shape index (κ2) is 6.21. The molecule has 4 nitrogen and oxygen atoms in total. The second-order valence-electron chi connectivity index (χ2n) is 4.79. The molecule has 1 aliphatic rings. The van der Waals surface area contributed by atoms with E-state index < -0.39 is 0 Å². The fourth-order valence-electron chi connectivity index (χ4n) is 2.10. The first kappa shape index (κ1) is 13.5. The maximum Gasteiger partial charge on any atom is 0.237 e. The lowest BCUT2D eigenvalue weighted by atomic mass is 9.99. The molecule has 94 valence electrons. The average Bonchev–Trinajstić information content (AvgIpc) is 2.74. The zero-order valence-corrected chi connectivity index (χ0v) is 10.5. The van der Waals surface area contributed by atoms with Crippen LogP contribution in [0.5, 0.6) is 0 Å². The van der Waals surface area contributed by atoms with Gasteiger partial charge >= 0.3 is 0 Å². The third-order valence-electron chi connectivity index (χ3n) is 3.62. The highest BCUT2D eigenvalue weighted by Crippen LogP contribution is 2.21. The van der Waals surface area contributed by atoms with Crippen LogP contribution < -0.4 is 11.1 Å². The van der Waals surface area contributed by atoms with Crippen LogP contribution in [0.25, 0.3) is 0 Å². The van der Waals surface area contributed by atoms with Gasteiger partial charge in [-0.2, -0.15) is 0 Å². The van der Waals surface area contributed by atoms with Crippen LogP contribution in [0.4, 0.5) is 0 Å². The van der Waals surface area contributed by atoms with Gasteiger partial charge in [0.25, 0.3) is 0 Å². The summed E-state index contributed by atoms with van der Waals surface area (Å²) in [6, 6.07) is -0.140. The summed E-state index contributed by atoms with van der Waals surface area (Å²) in [7, 11) is 1.72. The van der Waals surface area contributed by atoms with Crippen molar-refractivity contribution < 1.29 is 9.53 Å². The number of hydrogen-bond acceptors (Lipinski definition) is 3. The second-order valence-corrected chi connectivity index (χ2v) is 4.79. The molecule has 0 aromatic heterocycles. The van der Waals surface area contributed by atoms with Gasteiger partial charge in [-0.05, 0) is 25.2 Å². The fraction of sp³-hybridized carbons (Fsp3) is 0.917. The Balaban J connectivity index is 2.34. The summed E-state index contributed by atoms with van der Waals surface area (Å²) < 4.78 is 5.27. The Morgan fingerprint density at radius 2 is 2.25 bits per heavy atom. The maximum atomic E-state index is 11.8. The van der Waals surface area contributed by atoms with Crippen molar-refractivity contribution in [3.05, 3.63) is 0 Å². The van der Waals surface area contributed by atoms with Crippen LogP contribution in [0.3, 0.4) is 0 Å². The van der Waals surface area contributed by atoms with E-state index in [1.807, 2.05) is 13.8 Å². The Labute approximate surface area is 97.9 Å². The summed E-state index contributed by atoms with van der Waals surface area (Å²) in [5.74, 6) is 0.218. The van der Waals surface area contributed by atoms with Crippen molar-refractivity contribution in [3.63, 3.8) is 0 Å². The first-order valence-electron chi connectivity index (χ1n) is 6.17. The molecule has 0 spiro atoms. The lowest BCUT2D eigenvalue weighted by Gasteiger charge is -2.20. The molecule has 1 amide bonds. The Morgan fingerprint density at radius 3 is 2.75 bits per heavy atom. The molecule has 16 heavy (non-hydrogen) atoms. The van der Waals surface area contributed by atoms with Crippen LogP contribution >= 0.6 is 0 Å². The summed E-state index contributed by atoms with van der Waals surface area (Å²) in [5.41, 5.74) is 5.87. The average molecular weight is 228 g/mol. The van der Waals surface area contributed by atoms with Crippen molar-refractivity contribution in [3.8, 4) is 0 Å². The first-order valence-corrected chi connectivity index (χ1v) is 6.17. The van der Waals surface area contributed by atoms with Gasteiger partial charge in [-0.15, -0.1) is 0 Å². The summed E-state index contributed by atoms with van der Waals surface area (Å²) in [6.45, 7) is 4.06. The number of methoxy groups -OCH3 is 1. The van der Waals surface area contributed by atoms with E-state index in [9.17, 15) is 4.79 Å². The smallest absolute Gasteiger partial charge is 0.237 e. The molecular weight excluding hydrogens is 204 g/mol. The minimum absolute atomic E-state index is 0.0175. The standard InChI is InChI=1S/C12H24N2O2/c1-4-8(2)11(13)12(15)14-9-5-6-10(7-9)16-3/h8-11H,4-7,13H2,1-3H3,(H,14,15). The van der Waals surface area contributed by atoms with Crippen LogP contribution in [-0.2, 0) is 9.53 Å². The van der Waals surface area contributed by atoms with Gasteiger partial charge in [-0.3, -0.25) is 4.79 Å². The fourth-order valence-corrected chi connectivity index (χ4v) is 2.10. The first-order chi connectivity index (χ1) is 7.58. The third kappa shape index (κ3) is 3.46. The largest absolute Gasteiger partial charge is 0.381 e. The Morgan fingerprint density at radius 1 is 1.56 bits per heavy atom. The number of hydrogen-bond donors (Lipinski definition) is 2. The van der Waals surface area contributed by atoms with E-state index in [-0.39, 0.29) is 23.9 Å².